The number of amides is 3. The van der Waals surface area contributed by atoms with E-state index in [9.17, 15) is 14.4 Å². The van der Waals surface area contributed by atoms with E-state index < -0.39 is 24.5 Å². The predicted octanol–water partition coefficient (Wildman–Crippen LogP) is 1.50. The summed E-state index contributed by atoms with van der Waals surface area (Å²) >= 11 is 0. The van der Waals surface area contributed by atoms with Gasteiger partial charge in [-0.15, -0.1) is 0 Å². The van der Waals surface area contributed by atoms with Crippen LogP contribution in [0.4, 0.5) is 4.79 Å². The van der Waals surface area contributed by atoms with Crippen LogP contribution in [0.5, 0.6) is 11.5 Å². The maximum atomic E-state index is 11.7. The van der Waals surface area contributed by atoms with Gasteiger partial charge in [-0.25, -0.2) is 9.59 Å². The van der Waals surface area contributed by atoms with Gasteiger partial charge in [0.25, 0.3) is 5.91 Å². The molecule has 0 saturated carbocycles. The minimum absolute atomic E-state index is 0.448. The van der Waals surface area contributed by atoms with Crippen molar-refractivity contribution in [1.29, 1.82) is 0 Å². The minimum atomic E-state index is -0.728. The molecule has 136 valence electrons. The van der Waals surface area contributed by atoms with Gasteiger partial charge in [-0.05, 0) is 18.6 Å². The van der Waals surface area contributed by atoms with Crippen LogP contribution in [0.15, 0.2) is 24.3 Å². The van der Waals surface area contributed by atoms with Crippen LogP contribution in [0.25, 0.3) is 6.08 Å². The quantitative estimate of drug-likeness (QED) is 0.544. The molecule has 0 aliphatic carbocycles. The number of urea groups is 1. The number of rotatable bonds is 8. The molecule has 0 aliphatic heterocycles. The first-order valence-corrected chi connectivity index (χ1v) is 7.65. The Bertz CT molecular complexity index is 642. The average Bonchev–Trinajstić information content (AvgIpc) is 2.62. The Morgan fingerprint density at radius 3 is 2.56 bits per heavy atom. The molecule has 0 spiro atoms. The Labute approximate surface area is 146 Å². The van der Waals surface area contributed by atoms with Crippen molar-refractivity contribution in [3.63, 3.8) is 0 Å². The van der Waals surface area contributed by atoms with Gasteiger partial charge in [-0.2, -0.15) is 0 Å². The molecule has 0 aliphatic rings. The highest BCUT2D eigenvalue weighted by molar-refractivity contribution is 5.96. The molecule has 0 unspecified atom stereocenters. The minimum Gasteiger partial charge on any atom is -0.493 e. The summed E-state index contributed by atoms with van der Waals surface area (Å²) < 4.78 is 15.2. The lowest BCUT2D eigenvalue weighted by atomic mass is 10.1. The fourth-order valence-electron chi connectivity index (χ4n) is 1.83. The molecule has 0 radical (unpaired) electrons. The highest BCUT2D eigenvalue weighted by Crippen LogP contribution is 2.31. The van der Waals surface area contributed by atoms with Crippen molar-refractivity contribution < 1.29 is 28.6 Å². The van der Waals surface area contributed by atoms with Gasteiger partial charge in [0.05, 0.1) is 14.2 Å². The maximum absolute atomic E-state index is 11.7. The molecule has 1 rings (SSSR count). The second-order valence-corrected chi connectivity index (χ2v) is 4.83. The standard InChI is InChI=1S/C17H22N2O6/c1-4-10-18-17(22)19-14(20)11-25-15(21)9-8-12-6-5-7-13(23-2)16(12)24-3/h5-9H,4,10-11H2,1-3H3,(H2,18,19,20,22)/b9-8+. The van der Waals surface area contributed by atoms with Crippen molar-refractivity contribution in [2.75, 3.05) is 27.4 Å². The molecule has 2 N–H and O–H groups in total. The summed E-state index contributed by atoms with van der Waals surface area (Å²) in [6, 6.07) is 4.58. The normalized spacial score (nSPS) is 10.2. The fraction of sp³-hybridized carbons (Fsp3) is 0.353. The van der Waals surface area contributed by atoms with Gasteiger partial charge in [-0.1, -0.05) is 19.1 Å². The van der Waals surface area contributed by atoms with E-state index in [1.165, 1.54) is 20.3 Å². The van der Waals surface area contributed by atoms with Gasteiger partial charge in [0.15, 0.2) is 18.1 Å². The summed E-state index contributed by atoms with van der Waals surface area (Å²) in [5, 5.41) is 4.52. The van der Waals surface area contributed by atoms with E-state index >= 15 is 0 Å². The molecule has 0 heterocycles. The highest BCUT2D eigenvalue weighted by Gasteiger charge is 2.10. The number of nitrogens with one attached hydrogen (secondary N) is 2. The van der Waals surface area contributed by atoms with E-state index in [0.29, 0.717) is 23.6 Å². The molecule has 0 atom stereocenters. The SMILES string of the molecule is CCCNC(=O)NC(=O)COC(=O)/C=C/c1cccc(OC)c1OC. The number of carbonyl (C=O) groups is 3. The van der Waals surface area contributed by atoms with E-state index in [4.69, 9.17) is 14.2 Å². The van der Waals surface area contributed by atoms with E-state index in [0.717, 1.165) is 12.5 Å². The Morgan fingerprint density at radius 1 is 1.16 bits per heavy atom. The molecule has 0 fully saturated rings. The van der Waals surface area contributed by atoms with E-state index in [-0.39, 0.29) is 0 Å². The van der Waals surface area contributed by atoms with Gasteiger partial charge < -0.3 is 19.5 Å². The van der Waals surface area contributed by atoms with Crippen molar-refractivity contribution in [2.24, 2.45) is 0 Å². The lowest BCUT2D eigenvalue weighted by Gasteiger charge is -2.09. The number of benzene rings is 1. The molecule has 0 saturated heterocycles. The van der Waals surface area contributed by atoms with Crippen molar-refractivity contribution in [3.8, 4) is 11.5 Å². The summed E-state index contributed by atoms with van der Waals surface area (Å²) in [5.74, 6) is -0.446. The summed E-state index contributed by atoms with van der Waals surface area (Å²) in [5.41, 5.74) is 0.613. The van der Waals surface area contributed by atoms with Gasteiger partial charge >= 0.3 is 12.0 Å². The first kappa shape index (κ1) is 20.0. The third kappa shape index (κ3) is 6.94. The van der Waals surface area contributed by atoms with Gasteiger partial charge in [-0.3, -0.25) is 10.1 Å². The van der Waals surface area contributed by atoms with Crippen LogP contribution in [-0.2, 0) is 14.3 Å². The Balaban J connectivity index is 2.53. The third-order valence-electron chi connectivity index (χ3n) is 2.97. The molecule has 1 aromatic carbocycles. The molecule has 3 amide bonds. The Morgan fingerprint density at radius 2 is 1.92 bits per heavy atom. The fourth-order valence-corrected chi connectivity index (χ4v) is 1.83. The Kier molecular flexibility index (Phi) is 8.56. The van der Waals surface area contributed by atoms with Crippen molar-refractivity contribution in [1.82, 2.24) is 10.6 Å². The highest BCUT2D eigenvalue weighted by atomic mass is 16.5. The number of para-hydroxylation sites is 1. The molecule has 8 nitrogen and oxygen atoms in total. The Hall–Kier alpha value is -3.03. The van der Waals surface area contributed by atoms with Crippen LogP contribution in [0.1, 0.15) is 18.9 Å². The zero-order valence-corrected chi connectivity index (χ0v) is 14.5. The summed E-state index contributed by atoms with van der Waals surface area (Å²) in [6.07, 6.45) is 3.38. The number of hydrogen-bond donors (Lipinski definition) is 2. The molecule has 0 aromatic heterocycles. The monoisotopic (exact) mass is 350 g/mol. The number of hydrogen-bond acceptors (Lipinski definition) is 6. The molecular formula is C17H22N2O6. The lowest BCUT2D eigenvalue weighted by molar-refractivity contribution is -0.143. The zero-order valence-electron chi connectivity index (χ0n) is 14.5. The molecular weight excluding hydrogens is 328 g/mol. The number of esters is 1. The third-order valence-corrected chi connectivity index (χ3v) is 2.97. The number of carbonyl (C=O) groups excluding carboxylic acids is 3. The topological polar surface area (TPSA) is 103 Å². The van der Waals surface area contributed by atoms with Gasteiger partial charge in [0.1, 0.15) is 0 Å². The zero-order chi connectivity index (χ0) is 18.7. The first-order chi connectivity index (χ1) is 12.0. The average molecular weight is 350 g/mol. The van der Waals surface area contributed by atoms with Gasteiger partial charge in [0.2, 0.25) is 0 Å². The number of ether oxygens (including phenoxy) is 3. The number of methoxy groups -OCH3 is 2. The van der Waals surface area contributed by atoms with Crippen LogP contribution in [0.3, 0.4) is 0 Å². The number of imide groups is 1. The van der Waals surface area contributed by atoms with E-state index in [1.54, 1.807) is 18.2 Å². The van der Waals surface area contributed by atoms with Gasteiger partial charge in [0, 0.05) is 18.2 Å². The van der Waals surface area contributed by atoms with E-state index in [1.807, 2.05) is 6.92 Å². The second kappa shape index (κ2) is 10.7. The van der Waals surface area contributed by atoms with Crippen LogP contribution in [0, 0.1) is 0 Å². The summed E-state index contributed by atoms with van der Waals surface area (Å²) in [7, 11) is 3.00. The molecule has 25 heavy (non-hydrogen) atoms. The second-order valence-electron chi connectivity index (χ2n) is 4.83. The van der Waals surface area contributed by atoms with Crippen LogP contribution in [0.2, 0.25) is 0 Å². The largest absolute Gasteiger partial charge is 0.493 e. The summed E-state index contributed by atoms with van der Waals surface area (Å²) in [4.78, 5) is 34.4. The maximum Gasteiger partial charge on any atom is 0.331 e. The van der Waals surface area contributed by atoms with E-state index in [2.05, 4.69) is 10.6 Å². The van der Waals surface area contributed by atoms with Crippen molar-refractivity contribution in [2.45, 2.75) is 13.3 Å². The van der Waals surface area contributed by atoms with Crippen LogP contribution in [-0.4, -0.2) is 45.3 Å². The molecule has 1 aromatic rings. The van der Waals surface area contributed by atoms with Crippen LogP contribution < -0.4 is 20.1 Å². The first-order valence-electron chi connectivity index (χ1n) is 7.65. The summed E-state index contributed by atoms with van der Waals surface area (Å²) in [6.45, 7) is 1.77. The van der Waals surface area contributed by atoms with Crippen LogP contribution >= 0.6 is 0 Å². The van der Waals surface area contributed by atoms with Crippen molar-refractivity contribution >= 4 is 24.0 Å². The van der Waals surface area contributed by atoms with Crippen molar-refractivity contribution in [3.05, 3.63) is 29.8 Å². The molecule has 8 heteroatoms. The molecule has 0 bridgehead atoms. The lowest BCUT2D eigenvalue weighted by Crippen LogP contribution is -2.41. The predicted molar refractivity (Wildman–Crippen MR) is 91.4 cm³/mol. The smallest absolute Gasteiger partial charge is 0.331 e.